The fourth-order valence-corrected chi connectivity index (χ4v) is 4.98. The molecule has 36 heavy (non-hydrogen) atoms. The van der Waals surface area contributed by atoms with Crippen molar-refractivity contribution in [2.45, 2.75) is 200 Å². The van der Waals surface area contributed by atoms with E-state index in [-0.39, 0.29) is 12.1 Å². The highest BCUT2D eigenvalue weighted by Gasteiger charge is 2.14. The molecular weight excluding hydrogens is 444 g/mol. The lowest BCUT2D eigenvalue weighted by molar-refractivity contribution is -0.150. The van der Waals surface area contributed by atoms with Crippen molar-refractivity contribution in [3.8, 4) is 0 Å². The van der Waals surface area contributed by atoms with Crippen LogP contribution in [0.15, 0.2) is 0 Å². The number of carbonyl (C=O) groups is 2. The molecule has 0 aromatic carbocycles. The predicted molar refractivity (Wildman–Crippen MR) is 157 cm³/mol. The number of carbonyl (C=O) groups excluding carboxylic acids is 2. The first-order chi connectivity index (χ1) is 17.6. The van der Waals surface area contributed by atoms with Crippen molar-refractivity contribution >= 4 is 11.8 Å². The molecular formula is C33H64O3. The Morgan fingerprint density at radius 3 is 1.19 bits per heavy atom. The van der Waals surface area contributed by atoms with Gasteiger partial charge in [-0.25, -0.2) is 0 Å². The summed E-state index contributed by atoms with van der Waals surface area (Å²) in [4.78, 5) is 24.5. The molecule has 3 heteroatoms. The standard InChI is InChI=1S/C33H64O3/c1-4-7-10-13-14-15-18-21-26-31(34)27-22-19-20-25-30-33(35)36-32(28-23-16-11-8-5-2)29-24-17-12-9-6-3/h32H,4-30H2,1-3H3. The van der Waals surface area contributed by atoms with Crippen LogP contribution in [0, 0.1) is 0 Å². The number of hydrogen-bond acceptors (Lipinski definition) is 3. The molecule has 0 amide bonds. The Bertz CT molecular complexity index is 460. The summed E-state index contributed by atoms with van der Waals surface area (Å²) < 4.78 is 5.91. The minimum absolute atomic E-state index is 0.00659. The summed E-state index contributed by atoms with van der Waals surface area (Å²) in [5.41, 5.74) is 0. The van der Waals surface area contributed by atoms with E-state index in [0.717, 1.165) is 57.8 Å². The van der Waals surface area contributed by atoms with Crippen LogP contribution in [0.1, 0.15) is 194 Å². The first kappa shape index (κ1) is 35.1. The predicted octanol–water partition coefficient (Wildman–Crippen LogP) is 11.1. The average Bonchev–Trinajstić information content (AvgIpc) is 2.87. The second kappa shape index (κ2) is 28.7. The highest BCUT2D eigenvalue weighted by atomic mass is 16.5. The molecule has 0 rings (SSSR count). The van der Waals surface area contributed by atoms with Gasteiger partial charge in [0.05, 0.1) is 0 Å². The maximum atomic E-state index is 12.4. The Morgan fingerprint density at radius 2 is 0.778 bits per heavy atom. The molecule has 214 valence electrons. The van der Waals surface area contributed by atoms with E-state index in [1.54, 1.807) is 0 Å². The largest absolute Gasteiger partial charge is 0.462 e. The molecule has 0 saturated carbocycles. The van der Waals surface area contributed by atoms with E-state index in [0.29, 0.717) is 12.2 Å². The number of ether oxygens (including phenoxy) is 1. The molecule has 0 unspecified atom stereocenters. The van der Waals surface area contributed by atoms with Gasteiger partial charge in [0.2, 0.25) is 0 Å². The molecule has 0 N–H and O–H groups in total. The fraction of sp³-hybridized carbons (Fsp3) is 0.939. The summed E-state index contributed by atoms with van der Waals surface area (Å²) in [5.74, 6) is 0.425. The van der Waals surface area contributed by atoms with Gasteiger partial charge < -0.3 is 4.74 Å². The van der Waals surface area contributed by atoms with Crippen LogP contribution in [0.3, 0.4) is 0 Å². The van der Waals surface area contributed by atoms with Gasteiger partial charge in [-0.05, 0) is 44.9 Å². The molecule has 0 aromatic rings. The van der Waals surface area contributed by atoms with E-state index in [1.165, 1.54) is 109 Å². The molecule has 0 fully saturated rings. The third kappa shape index (κ3) is 26.2. The van der Waals surface area contributed by atoms with Gasteiger partial charge in [-0.3, -0.25) is 9.59 Å². The van der Waals surface area contributed by atoms with Gasteiger partial charge in [-0.15, -0.1) is 0 Å². The second-order valence-corrected chi connectivity index (χ2v) is 11.2. The molecule has 0 heterocycles. The summed E-state index contributed by atoms with van der Waals surface area (Å²) >= 11 is 0. The summed E-state index contributed by atoms with van der Waals surface area (Å²) in [6, 6.07) is 0. The zero-order chi connectivity index (χ0) is 26.5. The van der Waals surface area contributed by atoms with Crippen LogP contribution in [0.25, 0.3) is 0 Å². The highest BCUT2D eigenvalue weighted by Crippen LogP contribution is 2.18. The Balaban J connectivity index is 3.83. The van der Waals surface area contributed by atoms with Crippen molar-refractivity contribution in [2.75, 3.05) is 0 Å². The Kier molecular flexibility index (Phi) is 28.0. The Hall–Kier alpha value is -0.860. The van der Waals surface area contributed by atoms with E-state index in [1.807, 2.05) is 0 Å². The first-order valence-electron chi connectivity index (χ1n) is 16.3. The lowest BCUT2D eigenvalue weighted by Crippen LogP contribution is -2.18. The quantitative estimate of drug-likeness (QED) is 0.0745. The molecule has 0 aliphatic rings. The lowest BCUT2D eigenvalue weighted by atomic mass is 10.0. The molecule has 0 bridgehead atoms. The van der Waals surface area contributed by atoms with Crippen molar-refractivity contribution in [3.63, 3.8) is 0 Å². The molecule has 0 spiro atoms. The Labute approximate surface area is 226 Å². The monoisotopic (exact) mass is 508 g/mol. The van der Waals surface area contributed by atoms with Crippen molar-refractivity contribution in [2.24, 2.45) is 0 Å². The van der Waals surface area contributed by atoms with Crippen LogP contribution >= 0.6 is 0 Å². The van der Waals surface area contributed by atoms with Crippen molar-refractivity contribution in [1.82, 2.24) is 0 Å². The summed E-state index contributed by atoms with van der Waals surface area (Å²) in [5, 5.41) is 0. The summed E-state index contributed by atoms with van der Waals surface area (Å²) in [6.45, 7) is 6.75. The molecule has 0 aromatic heterocycles. The van der Waals surface area contributed by atoms with Gasteiger partial charge in [0.1, 0.15) is 11.9 Å². The van der Waals surface area contributed by atoms with Gasteiger partial charge in [0.15, 0.2) is 0 Å². The van der Waals surface area contributed by atoms with Crippen LogP contribution in [-0.4, -0.2) is 17.9 Å². The number of Topliss-reactive ketones (excluding diaryl/α,β-unsaturated/α-hetero) is 1. The van der Waals surface area contributed by atoms with E-state index in [4.69, 9.17) is 4.74 Å². The van der Waals surface area contributed by atoms with Gasteiger partial charge in [-0.2, -0.15) is 0 Å². The third-order valence-corrected chi connectivity index (χ3v) is 7.45. The van der Waals surface area contributed by atoms with Crippen molar-refractivity contribution in [3.05, 3.63) is 0 Å². The van der Waals surface area contributed by atoms with Crippen LogP contribution in [-0.2, 0) is 14.3 Å². The van der Waals surface area contributed by atoms with Crippen LogP contribution < -0.4 is 0 Å². The smallest absolute Gasteiger partial charge is 0.306 e. The first-order valence-corrected chi connectivity index (χ1v) is 16.3. The number of esters is 1. The van der Waals surface area contributed by atoms with Crippen molar-refractivity contribution in [1.29, 1.82) is 0 Å². The fourth-order valence-electron chi connectivity index (χ4n) is 4.98. The summed E-state index contributed by atoms with van der Waals surface area (Å²) in [7, 11) is 0. The number of hydrogen-bond donors (Lipinski definition) is 0. The molecule has 0 aliphatic heterocycles. The minimum Gasteiger partial charge on any atom is -0.462 e. The van der Waals surface area contributed by atoms with Gasteiger partial charge in [-0.1, -0.05) is 130 Å². The number of ketones is 1. The minimum atomic E-state index is -0.00659. The number of rotatable bonds is 29. The molecule has 3 nitrogen and oxygen atoms in total. The maximum Gasteiger partial charge on any atom is 0.306 e. The Morgan fingerprint density at radius 1 is 0.444 bits per heavy atom. The zero-order valence-corrected chi connectivity index (χ0v) is 24.9. The molecule has 0 atom stereocenters. The van der Waals surface area contributed by atoms with E-state index >= 15 is 0 Å². The van der Waals surface area contributed by atoms with E-state index in [9.17, 15) is 9.59 Å². The zero-order valence-electron chi connectivity index (χ0n) is 24.9. The lowest BCUT2D eigenvalue weighted by Gasteiger charge is -2.18. The maximum absolute atomic E-state index is 12.4. The van der Waals surface area contributed by atoms with Crippen LogP contribution in [0.2, 0.25) is 0 Å². The normalized spacial score (nSPS) is 11.3. The average molecular weight is 509 g/mol. The van der Waals surface area contributed by atoms with E-state index < -0.39 is 0 Å². The molecule has 0 saturated heterocycles. The molecule has 0 radical (unpaired) electrons. The van der Waals surface area contributed by atoms with E-state index in [2.05, 4.69) is 20.8 Å². The highest BCUT2D eigenvalue weighted by molar-refractivity contribution is 5.78. The van der Waals surface area contributed by atoms with Crippen molar-refractivity contribution < 1.29 is 14.3 Å². The van der Waals surface area contributed by atoms with Gasteiger partial charge in [0.25, 0.3) is 0 Å². The third-order valence-electron chi connectivity index (χ3n) is 7.45. The van der Waals surface area contributed by atoms with Crippen LogP contribution in [0.5, 0.6) is 0 Å². The van der Waals surface area contributed by atoms with Crippen LogP contribution in [0.4, 0.5) is 0 Å². The van der Waals surface area contributed by atoms with Gasteiger partial charge >= 0.3 is 5.97 Å². The summed E-state index contributed by atoms with van der Waals surface area (Å²) in [6.07, 6.45) is 31.1. The molecule has 0 aliphatic carbocycles. The number of unbranched alkanes of at least 4 members (excludes halogenated alkanes) is 18. The second-order valence-electron chi connectivity index (χ2n) is 11.2. The SMILES string of the molecule is CCCCCCCCCCC(=O)CCCCCCC(=O)OC(CCCCCCC)CCCCCCC. The topological polar surface area (TPSA) is 43.4 Å². The van der Waals surface area contributed by atoms with Gasteiger partial charge in [0, 0.05) is 19.3 Å².